The first kappa shape index (κ1) is 12.9. The van der Waals surface area contributed by atoms with Crippen molar-refractivity contribution in [3.05, 3.63) is 69.9 Å². The number of Topliss-reactive ketones (excluding diaryl/α,β-unsaturated/α-hetero) is 1. The average Bonchev–Trinajstić information content (AvgIpc) is 2.41. The van der Waals surface area contributed by atoms with Crippen molar-refractivity contribution in [2.75, 3.05) is 0 Å². The maximum absolute atomic E-state index is 13.6. The molecule has 0 amide bonds. The average molecular weight is 308 g/mol. The third-order valence-electron chi connectivity index (χ3n) is 2.64. The van der Waals surface area contributed by atoms with Crippen LogP contribution in [0, 0.1) is 5.82 Å². The van der Waals surface area contributed by atoms with Gasteiger partial charge in [0.15, 0.2) is 5.78 Å². The molecule has 92 valence electrons. The molecule has 0 saturated heterocycles. The van der Waals surface area contributed by atoms with Gasteiger partial charge in [0.25, 0.3) is 0 Å². The summed E-state index contributed by atoms with van der Waals surface area (Å²) in [5.41, 5.74) is 6.53. The van der Waals surface area contributed by atoms with Crippen LogP contribution in [-0.4, -0.2) is 5.78 Å². The van der Waals surface area contributed by atoms with E-state index >= 15 is 0 Å². The largest absolute Gasteiger partial charge is 0.318 e. The van der Waals surface area contributed by atoms with Crippen LogP contribution in [0.15, 0.2) is 53.0 Å². The van der Waals surface area contributed by atoms with E-state index in [9.17, 15) is 9.18 Å². The third-order valence-corrected chi connectivity index (χ3v) is 3.13. The molecule has 0 aliphatic rings. The number of nitrogens with two attached hydrogens (primary N) is 1. The maximum Gasteiger partial charge on any atom is 0.187 e. The quantitative estimate of drug-likeness (QED) is 0.882. The van der Waals surface area contributed by atoms with E-state index in [2.05, 4.69) is 15.9 Å². The summed E-state index contributed by atoms with van der Waals surface area (Å²) in [7, 11) is 0. The lowest BCUT2D eigenvalue weighted by atomic mass is 9.98. The molecule has 2 N–H and O–H groups in total. The van der Waals surface area contributed by atoms with Crippen LogP contribution in [0.5, 0.6) is 0 Å². The molecule has 2 aromatic rings. The van der Waals surface area contributed by atoms with E-state index in [1.165, 1.54) is 12.1 Å². The number of benzene rings is 2. The van der Waals surface area contributed by atoms with Gasteiger partial charge in [-0.1, -0.05) is 46.3 Å². The normalized spacial score (nSPS) is 12.2. The van der Waals surface area contributed by atoms with Gasteiger partial charge in [-0.25, -0.2) is 4.39 Å². The minimum Gasteiger partial charge on any atom is -0.318 e. The molecule has 0 heterocycles. The van der Waals surface area contributed by atoms with E-state index in [1.807, 2.05) is 6.07 Å². The molecule has 0 fully saturated rings. The standard InChI is InChI=1S/C14H11BrFNO/c15-10-6-7-12(16)11(8-10)14(18)13(17)9-4-2-1-3-5-9/h1-8,13H,17H2. The minimum atomic E-state index is -0.852. The lowest BCUT2D eigenvalue weighted by molar-refractivity contribution is 0.0957. The first-order valence-electron chi connectivity index (χ1n) is 5.39. The monoisotopic (exact) mass is 307 g/mol. The predicted octanol–water partition coefficient (Wildman–Crippen LogP) is 3.47. The Kier molecular flexibility index (Phi) is 3.89. The Hall–Kier alpha value is -1.52. The van der Waals surface area contributed by atoms with Gasteiger partial charge >= 0.3 is 0 Å². The van der Waals surface area contributed by atoms with Gasteiger partial charge in [-0.15, -0.1) is 0 Å². The highest BCUT2D eigenvalue weighted by Gasteiger charge is 2.20. The molecular weight excluding hydrogens is 297 g/mol. The van der Waals surface area contributed by atoms with Crippen molar-refractivity contribution in [2.24, 2.45) is 5.73 Å². The summed E-state index contributed by atoms with van der Waals surface area (Å²) in [6.07, 6.45) is 0. The number of carbonyl (C=O) groups excluding carboxylic acids is 1. The SMILES string of the molecule is NC(C(=O)c1cc(Br)ccc1F)c1ccccc1. The fraction of sp³-hybridized carbons (Fsp3) is 0.0714. The zero-order chi connectivity index (χ0) is 13.1. The van der Waals surface area contributed by atoms with Gasteiger partial charge in [0.1, 0.15) is 5.82 Å². The van der Waals surface area contributed by atoms with Crippen LogP contribution in [0.2, 0.25) is 0 Å². The van der Waals surface area contributed by atoms with Crippen molar-refractivity contribution in [2.45, 2.75) is 6.04 Å². The van der Waals surface area contributed by atoms with Crippen molar-refractivity contribution in [1.82, 2.24) is 0 Å². The van der Waals surface area contributed by atoms with Crippen LogP contribution >= 0.6 is 15.9 Å². The highest BCUT2D eigenvalue weighted by atomic mass is 79.9. The molecule has 0 radical (unpaired) electrons. The van der Waals surface area contributed by atoms with Gasteiger partial charge in [0.2, 0.25) is 0 Å². The van der Waals surface area contributed by atoms with E-state index < -0.39 is 17.6 Å². The lowest BCUT2D eigenvalue weighted by Gasteiger charge is -2.11. The summed E-state index contributed by atoms with van der Waals surface area (Å²) in [6, 6.07) is 12.3. The van der Waals surface area contributed by atoms with Crippen molar-refractivity contribution < 1.29 is 9.18 Å². The fourth-order valence-electron chi connectivity index (χ4n) is 1.67. The van der Waals surface area contributed by atoms with Crippen LogP contribution in [0.25, 0.3) is 0 Å². The topological polar surface area (TPSA) is 43.1 Å². The highest BCUT2D eigenvalue weighted by Crippen LogP contribution is 2.21. The summed E-state index contributed by atoms with van der Waals surface area (Å²) < 4.78 is 14.2. The smallest absolute Gasteiger partial charge is 0.187 e. The van der Waals surface area contributed by atoms with E-state index in [1.54, 1.807) is 30.3 Å². The molecule has 1 unspecified atom stereocenters. The molecular formula is C14H11BrFNO. The molecule has 0 aliphatic carbocycles. The van der Waals surface area contributed by atoms with Crippen molar-refractivity contribution in [1.29, 1.82) is 0 Å². The second kappa shape index (κ2) is 5.42. The van der Waals surface area contributed by atoms with Gasteiger partial charge in [0.05, 0.1) is 11.6 Å². The van der Waals surface area contributed by atoms with Gasteiger partial charge in [-0.3, -0.25) is 4.79 Å². The second-order valence-corrected chi connectivity index (χ2v) is 4.79. The van der Waals surface area contributed by atoms with E-state index in [4.69, 9.17) is 5.73 Å². The van der Waals surface area contributed by atoms with Crippen LogP contribution in [-0.2, 0) is 0 Å². The summed E-state index contributed by atoms with van der Waals surface area (Å²) in [6.45, 7) is 0. The third kappa shape index (κ3) is 2.66. The molecule has 18 heavy (non-hydrogen) atoms. The molecule has 2 aromatic carbocycles. The zero-order valence-electron chi connectivity index (χ0n) is 9.44. The Labute approximate surface area is 113 Å². The lowest BCUT2D eigenvalue weighted by Crippen LogP contribution is -2.22. The van der Waals surface area contributed by atoms with Gasteiger partial charge in [0, 0.05) is 4.47 Å². The molecule has 0 saturated carbocycles. The van der Waals surface area contributed by atoms with E-state index in [0.717, 1.165) is 0 Å². The van der Waals surface area contributed by atoms with Gasteiger partial charge < -0.3 is 5.73 Å². The van der Waals surface area contributed by atoms with E-state index in [-0.39, 0.29) is 5.56 Å². The zero-order valence-corrected chi connectivity index (χ0v) is 11.0. The summed E-state index contributed by atoms with van der Waals surface area (Å²) in [4.78, 5) is 12.1. The van der Waals surface area contributed by atoms with Crippen molar-refractivity contribution >= 4 is 21.7 Å². The number of halogens is 2. The fourth-order valence-corrected chi connectivity index (χ4v) is 2.03. The summed E-state index contributed by atoms with van der Waals surface area (Å²) in [5, 5.41) is 0. The Balaban J connectivity index is 2.34. The molecule has 4 heteroatoms. The van der Waals surface area contributed by atoms with Gasteiger partial charge in [-0.2, -0.15) is 0 Å². The Morgan fingerprint density at radius 2 is 1.83 bits per heavy atom. The number of carbonyl (C=O) groups is 1. The number of hydrogen-bond acceptors (Lipinski definition) is 2. The van der Waals surface area contributed by atoms with Crippen molar-refractivity contribution in [3.8, 4) is 0 Å². The molecule has 1 atom stereocenters. The van der Waals surface area contributed by atoms with Crippen LogP contribution < -0.4 is 5.73 Å². The highest BCUT2D eigenvalue weighted by molar-refractivity contribution is 9.10. The minimum absolute atomic E-state index is 0.000674. The number of rotatable bonds is 3. The molecule has 2 nitrogen and oxygen atoms in total. The number of hydrogen-bond donors (Lipinski definition) is 1. The first-order valence-corrected chi connectivity index (χ1v) is 6.18. The van der Waals surface area contributed by atoms with E-state index in [0.29, 0.717) is 10.0 Å². The summed E-state index contributed by atoms with van der Waals surface area (Å²) in [5.74, 6) is -0.991. The van der Waals surface area contributed by atoms with Gasteiger partial charge in [-0.05, 0) is 23.8 Å². The maximum atomic E-state index is 13.6. The van der Waals surface area contributed by atoms with Crippen LogP contribution in [0.4, 0.5) is 4.39 Å². The van der Waals surface area contributed by atoms with Crippen LogP contribution in [0.1, 0.15) is 22.0 Å². The molecule has 0 aliphatic heterocycles. The second-order valence-electron chi connectivity index (χ2n) is 3.88. The predicted molar refractivity (Wildman–Crippen MR) is 71.8 cm³/mol. The Bertz CT molecular complexity index is 571. The number of ketones is 1. The summed E-state index contributed by atoms with van der Waals surface area (Å²) >= 11 is 3.21. The van der Waals surface area contributed by atoms with Crippen molar-refractivity contribution in [3.63, 3.8) is 0 Å². The molecule has 0 spiro atoms. The molecule has 0 aromatic heterocycles. The Morgan fingerprint density at radius 3 is 2.50 bits per heavy atom. The first-order chi connectivity index (χ1) is 8.59. The van der Waals surface area contributed by atoms with Crippen LogP contribution in [0.3, 0.4) is 0 Å². The molecule has 0 bridgehead atoms. The molecule has 2 rings (SSSR count). The Morgan fingerprint density at radius 1 is 1.17 bits per heavy atom.